The predicted molar refractivity (Wildman–Crippen MR) is 62.1 cm³/mol. The first kappa shape index (κ1) is 11.5. The minimum atomic E-state index is -0.477. The fraction of sp³-hybridized carbons (Fsp3) is 0.667. The first-order chi connectivity index (χ1) is 7.58. The van der Waals surface area contributed by atoms with Crippen LogP contribution < -0.4 is 5.73 Å². The maximum Gasteiger partial charge on any atom is 0.404 e. The molecule has 0 saturated heterocycles. The van der Waals surface area contributed by atoms with E-state index in [2.05, 4.69) is 21.0 Å². The summed E-state index contributed by atoms with van der Waals surface area (Å²) in [4.78, 5) is 10.2. The van der Waals surface area contributed by atoms with Crippen LogP contribution in [-0.4, -0.2) is 20.7 Å². The van der Waals surface area contributed by atoms with Gasteiger partial charge in [-0.3, -0.25) is 0 Å². The van der Waals surface area contributed by atoms with Crippen molar-refractivity contribution in [3.8, 4) is 0 Å². The van der Waals surface area contributed by atoms with Crippen LogP contribution in [0.5, 0.6) is 0 Å². The van der Waals surface area contributed by atoms with E-state index in [9.17, 15) is 10.1 Å². The SMILES string of the molecule is NC1CCC(n2cc(Br)c([N+](=O)[O-])n2)CC1. The minimum absolute atomic E-state index is 0.116. The zero-order valence-corrected chi connectivity index (χ0v) is 10.3. The third-order valence-electron chi connectivity index (χ3n) is 2.96. The second-order valence-corrected chi connectivity index (χ2v) is 4.96. The lowest BCUT2D eigenvalue weighted by molar-refractivity contribution is -0.390. The topological polar surface area (TPSA) is 87.0 Å². The molecule has 0 radical (unpaired) electrons. The van der Waals surface area contributed by atoms with Crippen molar-refractivity contribution in [2.75, 3.05) is 0 Å². The molecule has 0 amide bonds. The summed E-state index contributed by atoms with van der Waals surface area (Å²) in [7, 11) is 0. The number of nitrogens with zero attached hydrogens (tertiary/aromatic N) is 3. The fourth-order valence-electron chi connectivity index (χ4n) is 2.04. The maximum atomic E-state index is 10.6. The highest BCUT2D eigenvalue weighted by atomic mass is 79.9. The molecule has 7 heteroatoms. The van der Waals surface area contributed by atoms with Crippen LogP contribution in [0.3, 0.4) is 0 Å². The molecule has 6 nitrogen and oxygen atoms in total. The quantitative estimate of drug-likeness (QED) is 0.666. The maximum absolute atomic E-state index is 10.6. The molecule has 1 fully saturated rings. The molecule has 1 aromatic rings. The normalized spacial score (nSPS) is 25.6. The van der Waals surface area contributed by atoms with Crippen molar-refractivity contribution in [1.82, 2.24) is 9.78 Å². The zero-order valence-electron chi connectivity index (χ0n) is 8.67. The summed E-state index contributed by atoms with van der Waals surface area (Å²) in [6.45, 7) is 0. The standard InChI is InChI=1S/C9H13BrN4O2/c10-8-5-13(12-9(8)14(15)16)7-3-1-6(11)2-4-7/h5-7H,1-4,11H2. The van der Waals surface area contributed by atoms with Crippen molar-refractivity contribution in [2.24, 2.45) is 5.73 Å². The summed E-state index contributed by atoms with van der Waals surface area (Å²) in [6, 6.07) is 0.509. The van der Waals surface area contributed by atoms with E-state index in [-0.39, 0.29) is 17.9 Å². The third kappa shape index (κ3) is 2.25. The van der Waals surface area contributed by atoms with E-state index in [4.69, 9.17) is 5.73 Å². The van der Waals surface area contributed by atoms with Crippen molar-refractivity contribution in [3.63, 3.8) is 0 Å². The number of hydrogen-bond donors (Lipinski definition) is 1. The van der Waals surface area contributed by atoms with Crippen molar-refractivity contribution in [2.45, 2.75) is 37.8 Å². The number of hydrogen-bond acceptors (Lipinski definition) is 4. The van der Waals surface area contributed by atoms with E-state index in [1.165, 1.54) is 0 Å². The number of nitro groups is 1. The molecule has 0 aromatic carbocycles. The van der Waals surface area contributed by atoms with Gasteiger partial charge >= 0.3 is 5.82 Å². The lowest BCUT2D eigenvalue weighted by atomic mass is 9.92. The Hall–Kier alpha value is -0.950. The van der Waals surface area contributed by atoms with Crippen LogP contribution in [0.25, 0.3) is 0 Å². The molecule has 0 atom stereocenters. The summed E-state index contributed by atoms with van der Waals surface area (Å²) in [6.07, 6.45) is 5.46. The van der Waals surface area contributed by atoms with E-state index < -0.39 is 4.92 Å². The molecule has 0 spiro atoms. The molecular formula is C9H13BrN4O2. The summed E-state index contributed by atoms with van der Waals surface area (Å²) < 4.78 is 2.13. The number of nitrogens with two attached hydrogens (primary N) is 1. The van der Waals surface area contributed by atoms with Gasteiger partial charge in [-0.05, 0) is 46.5 Å². The first-order valence-corrected chi connectivity index (χ1v) is 6.02. The van der Waals surface area contributed by atoms with Gasteiger partial charge in [-0.15, -0.1) is 0 Å². The summed E-state index contributed by atoms with van der Waals surface area (Å²) in [5.74, 6) is -0.116. The highest BCUT2D eigenvalue weighted by Gasteiger charge is 2.26. The molecule has 1 aromatic heterocycles. The monoisotopic (exact) mass is 288 g/mol. The Labute approximate surface area is 101 Å². The Balaban J connectivity index is 2.15. The van der Waals surface area contributed by atoms with Gasteiger partial charge < -0.3 is 15.8 Å². The van der Waals surface area contributed by atoms with Gasteiger partial charge in [-0.2, -0.15) is 4.68 Å². The van der Waals surface area contributed by atoms with Crippen molar-refractivity contribution < 1.29 is 4.92 Å². The van der Waals surface area contributed by atoms with Crippen LogP contribution in [0.15, 0.2) is 10.7 Å². The number of aromatic nitrogens is 2. The summed E-state index contributed by atoms with van der Waals surface area (Å²) >= 11 is 3.15. The van der Waals surface area contributed by atoms with E-state index in [1.54, 1.807) is 10.9 Å². The summed E-state index contributed by atoms with van der Waals surface area (Å²) in [5.41, 5.74) is 5.81. The number of halogens is 1. The van der Waals surface area contributed by atoms with E-state index >= 15 is 0 Å². The van der Waals surface area contributed by atoms with Crippen LogP contribution >= 0.6 is 15.9 Å². The predicted octanol–water partition coefficient (Wildman–Crippen LogP) is 2.00. The van der Waals surface area contributed by atoms with Crippen LogP contribution in [0.4, 0.5) is 5.82 Å². The van der Waals surface area contributed by atoms with Crippen molar-refractivity contribution in [3.05, 3.63) is 20.8 Å². The largest absolute Gasteiger partial charge is 0.404 e. The molecule has 16 heavy (non-hydrogen) atoms. The molecule has 0 bridgehead atoms. The average molecular weight is 289 g/mol. The average Bonchev–Trinajstić information content (AvgIpc) is 2.61. The highest BCUT2D eigenvalue weighted by Crippen LogP contribution is 2.31. The first-order valence-electron chi connectivity index (χ1n) is 5.22. The lowest BCUT2D eigenvalue weighted by Crippen LogP contribution is -2.28. The van der Waals surface area contributed by atoms with Crippen LogP contribution in [0.2, 0.25) is 0 Å². The van der Waals surface area contributed by atoms with Gasteiger partial charge in [0.2, 0.25) is 0 Å². The Morgan fingerprint density at radius 1 is 1.50 bits per heavy atom. The molecular weight excluding hydrogens is 276 g/mol. The second kappa shape index (κ2) is 4.50. The van der Waals surface area contributed by atoms with Crippen molar-refractivity contribution >= 4 is 21.7 Å². The van der Waals surface area contributed by atoms with E-state index in [1.807, 2.05) is 0 Å². The van der Waals surface area contributed by atoms with Crippen molar-refractivity contribution in [1.29, 1.82) is 0 Å². The zero-order chi connectivity index (χ0) is 11.7. The fourth-order valence-corrected chi connectivity index (χ4v) is 2.47. The van der Waals surface area contributed by atoms with Gasteiger partial charge in [0, 0.05) is 6.04 Å². The Kier molecular flexibility index (Phi) is 3.25. The Bertz CT molecular complexity index is 398. The van der Waals surface area contributed by atoms with Gasteiger partial charge in [0.15, 0.2) is 0 Å². The lowest BCUT2D eigenvalue weighted by Gasteiger charge is -2.24. The Morgan fingerprint density at radius 2 is 2.12 bits per heavy atom. The molecule has 1 heterocycles. The molecule has 1 saturated carbocycles. The second-order valence-electron chi connectivity index (χ2n) is 4.11. The Morgan fingerprint density at radius 3 is 2.62 bits per heavy atom. The molecule has 2 N–H and O–H groups in total. The van der Waals surface area contributed by atoms with Gasteiger partial charge in [0.25, 0.3) is 0 Å². The molecule has 0 unspecified atom stereocenters. The van der Waals surface area contributed by atoms with Gasteiger partial charge in [-0.1, -0.05) is 0 Å². The molecule has 88 valence electrons. The van der Waals surface area contributed by atoms with Gasteiger partial charge in [0.05, 0.1) is 17.3 Å². The molecule has 1 aliphatic carbocycles. The van der Waals surface area contributed by atoms with Crippen LogP contribution in [0, 0.1) is 10.1 Å². The molecule has 0 aliphatic heterocycles. The molecule has 1 aliphatic rings. The highest BCUT2D eigenvalue weighted by molar-refractivity contribution is 9.10. The van der Waals surface area contributed by atoms with Crippen LogP contribution in [0.1, 0.15) is 31.7 Å². The van der Waals surface area contributed by atoms with E-state index in [0.29, 0.717) is 4.47 Å². The summed E-state index contributed by atoms with van der Waals surface area (Å²) in [5, 5.41) is 14.6. The third-order valence-corrected chi connectivity index (χ3v) is 3.52. The smallest absolute Gasteiger partial charge is 0.358 e. The van der Waals surface area contributed by atoms with E-state index in [0.717, 1.165) is 25.7 Å². The number of rotatable bonds is 2. The molecule has 2 rings (SSSR count). The van der Waals surface area contributed by atoms with Crippen LogP contribution in [-0.2, 0) is 0 Å². The van der Waals surface area contributed by atoms with Gasteiger partial charge in [0.1, 0.15) is 4.47 Å². The minimum Gasteiger partial charge on any atom is -0.358 e. The van der Waals surface area contributed by atoms with Gasteiger partial charge in [-0.25, -0.2) is 0 Å².